The van der Waals surface area contributed by atoms with Gasteiger partial charge in [-0.25, -0.2) is 0 Å². The number of carbonyl (C=O) groups excluding carboxylic acids is 2. The van der Waals surface area contributed by atoms with Crippen molar-refractivity contribution in [2.75, 3.05) is 13.1 Å². The number of likely N-dealkylation sites (tertiary alicyclic amines) is 1. The average Bonchev–Trinajstić information content (AvgIpc) is 2.60. The summed E-state index contributed by atoms with van der Waals surface area (Å²) in [5, 5.41) is 12.5. The van der Waals surface area contributed by atoms with Gasteiger partial charge in [0.1, 0.15) is 6.04 Å². The summed E-state index contributed by atoms with van der Waals surface area (Å²) in [6.07, 6.45) is 1.88. The fourth-order valence-electron chi connectivity index (χ4n) is 3.05. The zero-order chi connectivity index (χ0) is 19.3. The molecule has 1 unspecified atom stereocenters. The van der Waals surface area contributed by atoms with E-state index in [1.54, 1.807) is 17.0 Å². The molecule has 1 atom stereocenters. The summed E-state index contributed by atoms with van der Waals surface area (Å²) < 4.78 is 0. The number of benzene rings is 1. The van der Waals surface area contributed by atoms with Gasteiger partial charge in [0.15, 0.2) is 0 Å². The first-order chi connectivity index (χ1) is 12.3. The summed E-state index contributed by atoms with van der Waals surface area (Å²) in [5.41, 5.74) is 0.292. The maximum absolute atomic E-state index is 12.9. The molecule has 2 amide bonds. The van der Waals surface area contributed by atoms with E-state index in [1.165, 1.54) is 6.07 Å². The topological polar surface area (TPSA) is 73.2 Å². The number of nitrogens with zero attached hydrogens (tertiary/aromatic N) is 2. The van der Waals surface area contributed by atoms with Crippen molar-refractivity contribution in [2.24, 2.45) is 11.8 Å². The van der Waals surface area contributed by atoms with Crippen molar-refractivity contribution in [1.82, 2.24) is 10.2 Å². The van der Waals surface area contributed by atoms with Crippen molar-refractivity contribution in [3.05, 3.63) is 33.8 Å². The van der Waals surface area contributed by atoms with Gasteiger partial charge in [0, 0.05) is 24.0 Å². The van der Waals surface area contributed by atoms with Crippen molar-refractivity contribution < 1.29 is 9.59 Å². The van der Waals surface area contributed by atoms with Crippen LogP contribution in [0.4, 0.5) is 0 Å². The standard InChI is InChI=1S/C19H23Cl2N3O2/c1-12(2)9-17(19(26)24-7-5-13(11-22)6-8-24)23-18(25)15-4-3-14(20)10-16(15)21/h3-4,10,12-13,17H,5-9H2,1-2H3,(H,23,25). The quantitative estimate of drug-likeness (QED) is 0.821. The van der Waals surface area contributed by atoms with Gasteiger partial charge in [-0.1, -0.05) is 37.0 Å². The molecule has 0 aromatic heterocycles. The van der Waals surface area contributed by atoms with Crippen molar-refractivity contribution in [1.29, 1.82) is 5.26 Å². The Morgan fingerprint density at radius 3 is 2.50 bits per heavy atom. The maximum Gasteiger partial charge on any atom is 0.253 e. The monoisotopic (exact) mass is 395 g/mol. The lowest BCUT2D eigenvalue weighted by Gasteiger charge is -2.33. The molecule has 1 heterocycles. The summed E-state index contributed by atoms with van der Waals surface area (Å²) in [6.45, 7) is 5.10. The third-order valence-corrected chi connectivity index (χ3v) is 5.02. The highest BCUT2D eigenvalue weighted by atomic mass is 35.5. The van der Waals surface area contributed by atoms with Crippen LogP contribution in [0, 0.1) is 23.2 Å². The van der Waals surface area contributed by atoms with E-state index < -0.39 is 11.9 Å². The maximum atomic E-state index is 12.9. The van der Waals surface area contributed by atoms with E-state index in [-0.39, 0.29) is 22.8 Å². The van der Waals surface area contributed by atoms with Gasteiger partial charge in [0.2, 0.25) is 5.91 Å². The number of nitrogens with one attached hydrogen (secondary N) is 1. The second kappa shape index (κ2) is 9.25. The van der Waals surface area contributed by atoms with Crippen LogP contribution in [0.15, 0.2) is 18.2 Å². The van der Waals surface area contributed by atoms with Crippen molar-refractivity contribution >= 4 is 35.0 Å². The molecule has 0 bridgehead atoms. The van der Waals surface area contributed by atoms with E-state index in [0.29, 0.717) is 42.9 Å². The molecule has 7 heteroatoms. The average molecular weight is 396 g/mol. The Balaban J connectivity index is 2.10. The molecule has 1 aromatic rings. The summed E-state index contributed by atoms with van der Waals surface area (Å²) in [7, 11) is 0. The predicted molar refractivity (Wildman–Crippen MR) is 102 cm³/mol. The van der Waals surface area contributed by atoms with Gasteiger partial charge in [-0.3, -0.25) is 9.59 Å². The SMILES string of the molecule is CC(C)CC(NC(=O)c1ccc(Cl)cc1Cl)C(=O)N1CCC(C#N)CC1. The minimum atomic E-state index is -0.618. The first-order valence-electron chi connectivity index (χ1n) is 8.76. The third-order valence-electron chi connectivity index (χ3n) is 4.48. The highest BCUT2D eigenvalue weighted by Crippen LogP contribution is 2.22. The molecular formula is C19H23Cl2N3O2. The number of amides is 2. The smallest absolute Gasteiger partial charge is 0.253 e. The molecule has 2 rings (SSSR count). The zero-order valence-electron chi connectivity index (χ0n) is 15.0. The molecule has 140 valence electrons. The van der Waals surface area contributed by atoms with Crippen LogP contribution in [0.5, 0.6) is 0 Å². The minimum absolute atomic E-state index is 0.00469. The number of carbonyl (C=O) groups is 2. The molecule has 0 saturated carbocycles. The molecule has 1 aliphatic rings. The number of hydrogen-bond acceptors (Lipinski definition) is 3. The summed E-state index contributed by atoms with van der Waals surface area (Å²) in [5.74, 6) is -0.252. The molecule has 1 aliphatic heterocycles. The van der Waals surface area contributed by atoms with Crippen LogP contribution in [-0.4, -0.2) is 35.8 Å². The van der Waals surface area contributed by atoms with E-state index in [4.69, 9.17) is 28.5 Å². The first kappa shape index (κ1) is 20.5. The van der Waals surface area contributed by atoms with E-state index >= 15 is 0 Å². The zero-order valence-corrected chi connectivity index (χ0v) is 16.5. The molecular weight excluding hydrogens is 373 g/mol. The highest BCUT2D eigenvalue weighted by molar-refractivity contribution is 6.36. The molecule has 26 heavy (non-hydrogen) atoms. The van der Waals surface area contributed by atoms with Gasteiger partial charge in [-0.15, -0.1) is 0 Å². The molecule has 0 radical (unpaired) electrons. The van der Waals surface area contributed by atoms with E-state index in [0.717, 1.165) is 0 Å². The minimum Gasteiger partial charge on any atom is -0.341 e. The molecule has 1 saturated heterocycles. The van der Waals surface area contributed by atoms with Gasteiger partial charge in [0.05, 0.1) is 16.7 Å². The number of piperidine rings is 1. The Morgan fingerprint density at radius 1 is 1.31 bits per heavy atom. The number of nitriles is 1. The van der Waals surface area contributed by atoms with Crippen molar-refractivity contribution in [2.45, 2.75) is 39.2 Å². The number of hydrogen-bond donors (Lipinski definition) is 1. The second-order valence-electron chi connectivity index (χ2n) is 7.01. The normalized spacial score (nSPS) is 16.2. The Kier molecular flexibility index (Phi) is 7.31. The summed E-state index contributed by atoms with van der Waals surface area (Å²) in [4.78, 5) is 27.3. The van der Waals surface area contributed by atoms with E-state index in [2.05, 4.69) is 11.4 Å². The Bertz CT molecular complexity index is 707. The van der Waals surface area contributed by atoms with Gasteiger partial charge < -0.3 is 10.2 Å². The lowest BCUT2D eigenvalue weighted by molar-refractivity contribution is -0.134. The van der Waals surface area contributed by atoms with E-state index in [9.17, 15) is 9.59 Å². The van der Waals surface area contributed by atoms with Gasteiger partial charge in [-0.05, 0) is 43.4 Å². The molecule has 1 N–H and O–H groups in total. The van der Waals surface area contributed by atoms with Gasteiger partial charge >= 0.3 is 0 Å². The second-order valence-corrected chi connectivity index (χ2v) is 7.85. The molecule has 5 nitrogen and oxygen atoms in total. The van der Waals surface area contributed by atoms with Crippen LogP contribution in [0.1, 0.15) is 43.5 Å². The molecule has 0 aliphatic carbocycles. The highest BCUT2D eigenvalue weighted by Gasteiger charge is 2.30. The largest absolute Gasteiger partial charge is 0.341 e. The van der Waals surface area contributed by atoms with Crippen LogP contribution >= 0.6 is 23.2 Å². The lowest BCUT2D eigenvalue weighted by atomic mass is 9.96. The van der Waals surface area contributed by atoms with Crippen LogP contribution < -0.4 is 5.32 Å². The van der Waals surface area contributed by atoms with Gasteiger partial charge in [0.25, 0.3) is 5.91 Å². The Labute approximate surface area is 164 Å². The molecule has 1 fully saturated rings. The number of rotatable bonds is 5. The van der Waals surface area contributed by atoms with Crippen LogP contribution in [0.25, 0.3) is 0 Å². The number of halogens is 2. The van der Waals surface area contributed by atoms with Crippen molar-refractivity contribution in [3.8, 4) is 6.07 Å². The fraction of sp³-hybridized carbons (Fsp3) is 0.526. The summed E-state index contributed by atoms with van der Waals surface area (Å²) in [6, 6.07) is 6.28. The van der Waals surface area contributed by atoms with Crippen molar-refractivity contribution in [3.63, 3.8) is 0 Å². The molecule has 0 spiro atoms. The first-order valence-corrected chi connectivity index (χ1v) is 9.51. The van der Waals surface area contributed by atoms with Crippen LogP contribution in [-0.2, 0) is 4.79 Å². The fourth-order valence-corrected chi connectivity index (χ4v) is 3.55. The van der Waals surface area contributed by atoms with Gasteiger partial charge in [-0.2, -0.15) is 5.26 Å². The molecule has 1 aromatic carbocycles. The van der Waals surface area contributed by atoms with E-state index in [1.807, 2.05) is 13.8 Å². The Hall–Kier alpha value is -1.77. The summed E-state index contributed by atoms with van der Waals surface area (Å²) >= 11 is 12.0. The Morgan fingerprint density at radius 2 is 1.96 bits per heavy atom. The predicted octanol–water partition coefficient (Wildman–Crippen LogP) is 3.90. The van der Waals surface area contributed by atoms with Crippen LogP contribution in [0.2, 0.25) is 10.0 Å². The third kappa shape index (κ3) is 5.36. The lowest BCUT2D eigenvalue weighted by Crippen LogP contribution is -2.51. The van der Waals surface area contributed by atoms with Crippen LogP contribution in [0.3, 0.4) is 0 Å².